The maximum absolute atomic E-state index is 13.8. The molecule has 0 heterocycles. The SMILES string of the molecule is O=C(O)c1cc(N/N=C/c2ccc(OCc3c(F)cccc3Cl)cc2)ccc1Cl. The van der Waals surface area contributed by atoms with Gasteiger partial charge in [0.05, 0.1) is 27.5 Å². The highest BCUT2D eigenvalue weighted by Gasteiger charge is 2.09. The topological polar surface area (TPSA) is 70.9 Å². The maximum Gasteiger partial charge on any atom is 0.337 e. The maximum atomic E-state index is 13.8. The molecule has 0 unspecified atom stereocenters. The van der Waals surface area contributed by atoms with Crippen molar-refractivity contribution in [3.8, 4) is 5.75 Å². The molecule has 0 radical (unpaired) electrons. The van der Waals surface area contributed by atoms with E-state index in [1.54, 1.807) is 42.6 Å². The predicted octanol–water partition coefficient (Wildman–Crippen LogP) is 5.86. The molecule has 3 rings (SSSR count). The molecule has 0 saturated carbocycles. The van der Waals surface area contributed by atoms with Crippen LogP contribution in [-0.2, 0) is 6.61 Å². The van der Waals surface area contributed by atoms with Gasteiger partial charge in [0.15, 0.2) is 0 Å². The minimum Gasteiger partial charge on any atom is -0.489 e. The Morgan fingerprint density at radius 3 is 2.55 bits per heavy atom. The van der Waals surface area contributed by atoms with Crippen molar-refractivity contribution in [2.75, 3.05) is 5.43 Å². The van der Waals surface area contributed by atoms with Gasteiger partial charge in [-0.3, -0.25) is 5.43 Å². The summed E-state index contributed by atoms with van der Waals surface area (Å²) >= 11 is 11.8. The number of rotatable bonds is 7. The van der Waals surface area contributed by atoms with Crippen LogP contribution in [0.5, 0.6) is 5.75 Å². The summed E-state index contributed by atoms with van der Waals surface area (Å²) in [6.45, 7) is 0.0168. The van der Waals surface area contributed by atoms with Crippen LogP contribution in [0.15, 0.2) is 65.8 Å². The monoisotopic (exact) mass is 432 g/mol. The fraction of sp³-hybridized carbons (Fsp3) is 0.0476. The zero-order chi connectivity index (χ0) is 20.8. The molecule has 0 saturated heterocycles. The summed E-state index contributed by atoms with van der Waals surface area (Å²) in [5.74, 6) is -0.978. The Bertz CT molecular complexity index is 1040. The molecule has 148 valence electrons. The average Bonchev–Trinajstić information content (AvgIpc) is 2.70. The summed E-state index contributed by atoms with van der Waals surface area (Å²) in [6, 6.07) is 16.0. The lowest BCUT2D eigenvalue weighted by Crippen LogP contribution is -2.00. The first kappa shape index (κ1) is 20.6. The largest absolute Gasteiger partial charge is 0.489 e. The molecular weight excluding hydrogens is 418 g/mol. The number of hydrogen-bond acceptors (Lipinski definition) is 4. The number of nitrogens with one attached hydrogen (secondary N) is 1. The number of carboxylic acid groups (broad SMARTS) is 1. The molecule has 0 bridgehead atoms. The number of carbonyl (C=O) groups is 1. The zero-order valence-corrected chi connectivity index (χ0v) is 16.4. The van der Waals surface area contributed by atoms with Crippen molar-refractivity contribution >= 4 is 41.1 Å². The third-order valence-corrected chi connectivity index (χ3v) is 4.61. The van der Waals surface area contributed by atoms with Gasteiger partial charge in [0.25, 0.3) is 0 Å². The van der Waals surface area contributed by atoms with E-state index in [0.29, 0.717) is 22.0 Å². The van der Waals surface area contributed by atoms with E-state index < -0.39 is 11.8 Å². The van der Waals surface area contributed by atoms with Crippen LogP contribution in [-0.4, -0.2) is 17.3 Å². The highest BCUT2D eigenvalue weighted by molar-refractivity contribution is 6.33. The van der Waals surface area contributed by atoms with E-state index in [0.717, 1.165) is 5.56 Å². The van der Waals surface area contributed by atoms with E-state index >= 15 is 0 Å². The number of nitrogens with zero attached hydrogens (tertiary/aromatic N) is 1. The highest BCUT2D eigenvalue weighted by Crippen LogP contribution is 2.22. The lowest BCUT2D eigenvalue weighted by Gasteiger charge is -2.09. The van der Waals surface area contributed by atoms with Crippen molar-refractivity contribution in [3.05, 3.63) is 93.2 Å². The van der Waals surface area contributed by atoms with Gasteiger partial charge in [0.2, 0.25) is 0 Å². The molecule has 3 aromatic rings. The minimum absolute atomic E-state index is 0.0108. The molecule has 0 spiro atoms. The van der Waals surface area contributed by atoms with Crippen molar-refractivity contribution < 1.29 is 19.0 Å². The Kier molecular flexibility index (Phi) is 6.69. The second-order valence-corrected chi connectivity index (χ2v) is 6.74. The average molecular weight is 433 g/mol. The smallest absolute Gasteiger partial charge is 0.337 e. The van der Waals surface area contributed by atoms with Crippen LogP contribution < -0.4 is 10.2 Å². The first-order valence-electron chi connectivity index (χ1n) is 8.41. The van der Waals surface area contributed by atoms with E-state index in [-0.39, 0.29) is 17.2 Å². The van der Waals surface area contributed by atoms with Crippen LogP contribution in [0.2, 0.25) is 10.0 Å². The van der Waals surface area contributed by atoms with Gasteiger partial charge in [-0.1, -0.05) is 29.3 Å². The van der Waals surface area contributed by atoms with Crippen LogP contribution in [0.1, 0.15) is 21.5 Å². The second-order valence-electron chi connectivity index (χ2n) is 5.93. The lowest BCUT2D eigenvalue weighted by atomic mass is 10.2. The van der Waals surface area contributed by atoms with Crippen molar-refractivity contribution in [2.24, 2.45) is 5.10 Å². The first-order valence-corrected chi connectivity index (χ1v) is 9.17. The minimum atomic E-state index is -1.12. The number of benzene rings is 3. The fourth-order valence-corrected chi connectivity index (χ4v) is 2.83. The number of anilines is 1. The molecule has 0 aliphatic carbocycles. The first-order chi connectivity index (χ1) is 13.9. The van der Waals surface area contributed by atoms with E-state index in [2.05, 4.69) is 10.5 Å². The fourth-order valence-electron chi connectivity index (χ4n) is 2.42. The Hall–Kier alpha value is -3.09. The van der Waals surface area contributed by atoms with Gasteiger partial charge in [-0.2, -0.15) is 5.10 Å². The Morgan fingerprint density at radius 1 is 1.10 bits per heavy atom. The van der Waals surface area contributed by atoms with Crippen LogP contribution in [0, 0.1) is 5.82 Å². The van der Waals surface area contributed by atoms with Gasteiger partial charge >= 0.3 is 5.97 Å². The highest BCUT2D eigenvalue weighted by atomic mass is 35.5. The molecule has 3 aromatic carbocycles. The van der Waals surface area contributed by atoms with Crippen molar-refractivity contribution in [2.45, 2.75) is 6.61 Å². The second kappa shape index (κ2) is 9.41. The zero-order valence-electron chi connectivity index (χ0n) is 14.9. The normalized spacial score (nSPS) is 10.9. The molecule has 0 aromatic heterocycles. The van der Waals surface area contributed by atoms with E-state index in [1.165, 1.54) is 24.3 Å². The van der Waals surface area contributed by atoms with Gasteiger partial charge in [0.1, 0.15) is 18.2 Å². The molecular formula is C21H15Cl2FN2O3. The summed E-state index contributed by atoms with van der Waals surface area (Å²) in [7, 11) is 0. The Labute approximate surface area is 176 Å². The number of aromatic carboxylic acids is 1. The molecule has 0 atom stereocenters. The van der Waals surface area contributed by atoms with Crippen molar-refractivity contribution in [1.29, 1.82) is 0 Å². The van der Waals surface area contributed by atoms with Crippen LogP contribution in [0.25, 0.3) is 0 Å². The third kappa shape index (κ3) is 5.47. The van der Waals surface area contributed by atoms with E-state index in [1.807, 2.05) is 0 Å². The van der Waals surface area contributed by atoms with Crippen LogP contribution >= 0.6 is 23.2 Å². The van der Waals surface area contributed by atoms with Gasteiger partial charge in [-0.05, 0) is 60.2 Å². The number of hydrazone groups is 1. The van der Waals surface area contributed by atoms with Gasteiger partial charge in [0, 0.05) is 5.56 Å². The van der Waals surface area contributed by atoms with E-state index in [9.17, 15) is 9.18 Å². The third-order valence-electron chi connectivity index (χ3n) is 3.93. The summed E-state index contributed by atoms with van der Waals surface area (Å²) in [5.41, 5.74) is 4.31. The van der Waals surface area contributed by atoms with E-state index in [4.69, 9.17) is 33.0 Å². The van der Waals surface area contributed by atoms with Gasteiger partial charge in [-0.25, -0.2) is 9.18 Å². The summed E-state index contributed by atoms with van der Waals surface area (Å²) in [6.07, 6.45) is 1.56. The molecule has 0 aliphatic rings. The number of halogens is 3. The van der Waals surface area contributed by atoms with Crippen molar-refractivity contribution in [3.63, 3.8) is 0 Å². The molecule has 29 heavy (non-hydrogen) atoms. The molecule has 0 aliphatic heterocycles. The molecule has 8 heteroatoms. The standard InChI is InChI=1S/C21H15Cl2FN2O3/c22-18-2-1-3-20(24)17(18)12-29-15-7-4-13(5-8-15)11-25-26-14-6-9-19(23)16(10-14)21(27)28/h1-11,26H,12H2,(H,27,28)/b25-11+. The van der Waals surface area contributed by atoms with Crippen molar-refractivity contribution in [1.82, 2.24) is 0 Å². The predicted molar refractivity (Wildman–Crippen MR) is 112 cm³/mol. The number of ether oxygens (including phenoxy) is 1. The summed E-state index contributed by atoms with van der Waals surface area (Å²) < 4.78 is 19.3. The molecule has 5 nitrogen and oxygen atoms in total. The quantitative estimate of drug-likeness (QED) is 0.362. The Balaban J connectivity index is 1.59. The number of hydrogen-bond donors (Lipinski definition) is 2. The number of carboxylic acids is 1. The molecule has 2 N–H and O–H groups in total. The Morgan fingerprint density at radius 2 is 1.86 bits per heavy atom. The molecule has 0 amide bonds. The van der Waals surface area contributed by atoms with Crippen LogP contribution in [0.3, 0.4) is 0 Å². The summed E-state index contributed by atoms with van der Waals surface area (Å²) in [4.78, 5) is 11.1. The lowest BCUT2D eigenvalue weighted by molar-refractivity contribution is 0.0697. The van der Waals surface area contributed by atoms with Crippen LogP contribution in [0.4, 0.5) is 10.1 Å². The van der Waals surface area contributed by atoms with Gasteiger partial charge < -0.3 is 9.84 Å². The van der Waals surface area contributed by atoms with Gasteiger partial charge in [-0.15, -0.1) is 0 Å². The molecule has 0 fully saturated rings. The summed E-state index contributed by atoms with van der Waals surface area (Å²) in [5, 5.41) is 13.6.